The molecule has 5 nitrogen and oxygen atoms in total. The number of amides is 1. The van der Waals surface area contributed by atoms with Crippen molar-refractivity contribution in [2.45, 2.75) is 6.10 Å². The van der Waals surface area contributed by atoms with Crippen molar-refractivity contribution in [1.82, 2.24) is 14.3 Å². The number of aromatic nitrogens is 2. The molecule has 1 aliphatic rings. The van der Waals surface area contributed by atoms with Crippen LogP contribution in [0.15, 0.2) is 54.7 Å². The topological polar surface area (TPSA) is 46.8 Å². The molecule has 0 saturated carbocycles. The SMILES string of the molecule is O=C(/C=C/c1c(Cl)nc2ccccn12)N1CCOC(c2ccc(F)cc2)C1. The molecule has 0 spiro atoms. The van der Waals surface area contributed by atoms with E-state index in [-0.39, 0.29) is 17.8 Å². The molecule has 27 heavy (non-hydrogen) atoms. The number of rotatable bonds is 3. The Hall–Kier alpha value is -2.70. The van der Waals surface area contributed by atoms with Gasteiger partial charge in [-0.3, -0.25) is 9.20 Å². The van der Waals surface area contributed by atoms with Crippen molar-refractivity contribution in [2.24, 2.45) is 0 Å². The minimum absolute atomic E-state index is 0.132. The van der Waals surface area contributed by atoms with Gasteiger partial charge in [-0.25, -0.2) is 9.37 Å². The maximum atomic E-state index is 13.1. The molecular formula is C20H17ClFN3O2. The van der Waals surface area contributed by atoms with E-state index in [0.717, 1.165) is 11.2 Å². The zero-order chi connectivity index (χ0) is 18.8. The molecule has 1 saturated heterocycles. The molecule has 0 N–H and O–H groups in total. The van der Waals surface area contributed by atoms with Crippen LogP contribution in [0.1, 0.15) is 17.4 Å². The Kier molecular flexibility index (Phi) is 4.92. The number of pyridine rings is 1. The van der Waals surface area contributed by atoms with Crippen LogP contribution in [-0.2, 0) is 9.53 Å². The van der Waals surface area contributed by atoms with Gasteiger partial charge in [-0.15, -0.1) is 0 Å². The van der Waals surface area contributed by atoms with Gasteiger partial charge in [-0.05, 0) is 35.9 Å². The van der Waals surface area contributed by atoms with E-state index >= 15 is 0 Å². The molecule has 3 aromatic rings. The van der Waals surface area contributed by atoms with Gasteiger partial charge in [0.25, 0.3) is 0 Å². The van der Waals surface area contributed by atoms with Crippen LogP contribution < -0.4 is 0 Å². The molecule has 1 atom stereocenters. The number of carbonyl (C=O) groups is 1. The van der Waals surface area contributed by atoms with Gasteiger partial charge >= 0.3 is 0 Å². The molecular weight excluding hydrogens is 369 g/mol. The van der Waals surface area contributed by atoms with E-state index in [4.69, 9.17) is 16.3 Å². The lowest BCUT2D eigenvalue weighted by Crippen LogP contribution is -2.41. The fourth-order valence-corrected chi connectivity index (χ4v) is 3.36. The summed E-state index contributed by atoms with van der Waals surface area (Å²) in [4.78, 5) is 18.6. The lowest BCUT2D eigenvalue weighted by atomic mass is 10.1. The number of hydrogen-bond donors (Lipinski definition) is 0. The van der Waals surface area contributed by atoms with Crippen molar-refractivity contribution in [3.63, 3.8) is 0 Å². The highest BCUT2D eigenvalue weighted by Crippen LogP contribution is 2.23. The van der Waals surface area contributed by atoms with Crippen molar-refractivity contribution >= 4 is 29.2 Å². The normalized spacial score (nSPS) is 17.7. The number of carbonyl (C=O) groups excluding carboxylic acids is 1. The average molecular weight is 386 g/mol. The third-order valence-corrected chi connectivity index (χ3v) is 4.80. The number of benzene rings is 1. The van der Waals surface area contributed by atoms with E-state index in [9.17, 15) is 9.18 Å². The quantitative estimate of drug-likeness (QED) is 0.645. The zero-order valence-electron chi connectivity index (χ0n) is 14.4. The van der Waals surface area contributed by atoms with Gasteiger partial charge in [0, 0.05) is 18.8 Å². The maximum Gasteiger partial charge on any atom is 0.246 e. The first-order chi connectivity index (χ1) is 13.1. The molecule has 3 heterocycles. The monoisotopic (exact) mass is 385 g/mol. The van der Waals surface area contributed by atoms with Crippen LogP contribution in [0, 0.1) is 5.82 Å². The largest absolute Gasteiger partial charge is 0.370 e. The van der Waals surface area contributed by atoms with Gasteiger partial charge in [0.15, 0.2) is 5.15 Å². The Labute approximate surface area is 160 Å². The Morgan fingerprint density at radius 3 is 2.89 bits per heavy atom. The molecule has 1 fully saturated rings. The molecule has 138 valence electrons. The van der Waals surface area contributed by atoms with Crippen LogP contribution in [0.25, 0.3) is 11.7 Å². The van der Waals surface area contributed by atoms with Gasteiger partial charge < -0.3 is 9.64 Å². The molecule has 0 radical (unpaired) electrons. The van der Waals surface area contributed by atoms with Gasteiger partial charge in [0.05, 0.1) is 18.8 Å². The van der Waals surface area contributed by atoms with E-state index in [1.807, 2.05) is 28.8 Å². The summed E-state index contributed by atoms with van der Waals surface area (Å²) in [7, 11) is 0. The lowest BCUT2D eigenvalue weighted by Gasteiger charge is -2.32. The Morgan fingerprint density at radius 1 is 1.26 bits per heavy atom. The molecule has 1 amide bonds. The van der Waals surface area contributed by atoms with Gasteiger partial charge in [0.1, 0.15) is 17.6 Å². The molecule has 0 aliphatic carbocycles. The Bertz CT molecular complexity index is 1000. The highest BCUT2D eigenvalue weighted by molar-refractivity contribution is 6.31. The van der Waals surface area contributed by atoms with Crippen LogP contribution in [0.3, 0.4) is 0 Å². The van der Waals surface area contributed by atoms with E-state index < -0.39 is 0 Å². The van der Waals surface area contributed by atoms with E-state index in [0.29, 0.717) is 30.5 Å². The summed E-state index contributed by atoms with van der Waals surface area (Å²) >= 11 is 6.19. The van der Waals surface area contributed by atoms with E-state index in [1.165, 1.54) is 18.2 Å². The van der Waals surface area contributed by atoms with Crippen LogP contribution in [-0.4, -0.2) is 39.9 Å². The van der Waals surface area contributed by atoms with Gasteiger partial charge in [-0.1, -0.05) is 29.8 Å². The van der Waals surface area contributed by atoms with Gasteiger partial charge in [-0.2, -0.15) is 0 Å². The molecule has 1 unspecified atom stereocenters. The molecule has 7 heteroatoms. The van der Waals surface area contributed by atoms with Gasteiger partial charge in [0.2, 0.25) is 5.91 Å². The predicted octanol–water partition coefficient (Wildman–Crippen LogP) is 3.74. The maximum absolute atomic E-state index is 13.1. The van der Waals surface area contributed by atoms with E-state index in [1.54, 1.807) is 23.1 Å². The van der Waals surface area contributed by atoms with Crippen LogP contribution >= 0.6 is 11.6 Å². The predicted molar refractivity (Wildman–Crippen MR) is 101 cm³/mol. The molecule has 4 rings (SSSR count). The number of nitrogens with zero attached hydrogens (tertiary/aromatic N) is 3. The van der Waals surface area contributed by atoms with Crippen LogP contribution in [0.5, 0.6) is 0 Å². The summed E-state index contributed by atoms with van der Waals surface area (Å²) in [5.74, 6) is -0.428. The fourth-order valence-electron chi connectivity index (χ4n) is 3.12. The summed E-state index contributed by atoms with van der Waals surface area (Å²) in [5, 5.41) is 0.344. The van der Waals surface area contributed by atoms with Crippen molar-refractivity contribution in [1.29, 1.82) is 0 Å². The number of halogens is 2. The molecule has 1 aromatic carbocycles. The highest BCUT2D eigenvalue weighted by atomic mass is 35.5. The third kappa shape index (κ3) is 3.72. The minimum atomic E-state index is -0.296. The minimum Gasteiger partial charge on any atom is -0.370 e. The number of imidazole rings is 1. The summed E-state index contributed by atoms with van der Waals surface area (Å²) in [6, 6.07) is 11.8. The number of fused-ring (bicyclic) bond motifs is 1. The lowest BCUT2D eigenvalue weighted by molar-refractivity contribution is -0.133. The van der Waals surface area contributed by atoms with Crippen molar-refractivity contribution in [3.05, 3.63) is 77.0 Å². The first-order valence-corrected chi connectivity index (χ1v) is 8.96. The standard InChI is InChI=1S/C20H17ClFN3O2/c21-20-16(25-10-2-1-3-18(25)23-20)8-9-19(26)24-11-12-27-17(13-24)14-4-6-15(22)7-5-14/h1-10,17H,11-13H2/b9-8+. The molecule has 1 aliphatic heterocycles. The smallest absolute Gasteiger partial charge is 0.246 e. The summed E-state index contributed by atoms with van der Waals surface area (Å²) < 4.78 is 20.7. The fraction of sp³-hybridized carbons (Fsp3) is 0.200. The summed E-state index contributed by atoms with van der Waals surface area (Å²) in [6.07, 6.45) is 4.75. The molecule has 0 bridgehead atoms. The number of morpholine rings is 1. The number of hydrogen-bond acceptors (Lipinski definition) is 3. The highest BCUT2D eigenvalue weighted by Gasteiger charge is 2.24. The molecule has 2 aromatic heterocycles. The average Bonchev–Trinajstić information content (AvgIpc) is 3.02. The Morgan fingerprint density at radius 2 is 2.07 bits per heavy atom. The number of ether oxygens (including phenoxy) is 1. The second-order valence-corrected chi connectivity index (χ2v) is 6.60. The van der Waals surface area contributed by atoms with Crippen molar-refractivity contribution < 1.29 is 13.9 Å². The third-order valence-electron chi connectivity index (χ3n) is 4.53. The zero-order valence-corrected chi connectivity index (χ0v) is 15.1. The first kappa shape index (κ1) is 17.7. The second kappa shape index (κ2) is 7.50. The van der Waals surface area contributed by atoms with Crippen LogP contribution in [0.2, 0.25) is 5.15 Å². The van der Waals surface area contributed by atoms with Crippen molar-refractivity contribution in [2.75, 3.05) is 19.7 Å². The Balaban J connectivity index is 1.49. The van der Waals surface area contributed by atoms with Crippen molar-refractivity contribution in [3.8, 4) is 0 Å². The first-order valence-electron chi connectivity index (χ1n) is 8.58. The summed E-state index contributed by atoms with van der Waals surface area (Å²) in [5.41, 5.74) is 2.23. The summed E-state index contributed by atoms with van der Waals surface area (Å²) in [6.45, 7) is 1.34. The van der Waals surface area contributed by atoms with E-state index in [2.05, 4.69) is 4.98 Å². The second-order valence-electron chi connectivity index (χ2n) is 6.25. The van der Waals surface area contributed by atoms with Crippen LogP contribution in [0.4, 0.5) is 4.39 Å².